The molecule has 19 heavy (non-hydrogen) atoms. The third kappa shape index (κ3) is 2.42. The van der Waals surface area contributed by atoms with Crippen LogP contribution in [-0.2, 0) is 11.8 Å². The molecule has 1 aliphatic rings. The van der Waals surface area contributed by atoms with Crippen molar-refractivity contribution in [2.75, 3.05) is 18.9 Å². The van der Waals surface area contributed by atoms with E-state index < -0.39 is 0 Å². The number of nitrogens with two attached hydrogens (primary N) is 1. The first kappa shape index (κ1) is 12.0. The van der Waals surface area contributed by atoms with Gasteiger partial charge in [0.1, 0.15) is 17.7 Å². The van der Waals surface area contributed by atoms with Gasteiger partial charge in [0.2, 0.25) is 0 Å². The maximum atomic E-state index is 5.99. The van der Waals surface area contributed by atoms with Gasteiger partial charge in [-0.2, -0.15) is 5.10 Å². The van der Waals surface area contributed by atoms with Crippen LogP contribution in [0.25, 0.3) is 11.3 Å². The van der Waals surface area contributed by atoms with E-state index >= 15 is 0 Å². The topological polar surface area (TPSA) is 62.3 Å². The molecule has 1 aromatic heterocycles. The van der Waals surface area contributed by atoms with Gasteiger partial charge >= 0.3 is 0 Å². The number of nitrogen functional groups attached to an aromatic ring is 1. The van der Waals surface area contributed by atoms with Crippen LogP contribution in [0.4, 0.5) is 5.82 Å². The molecule has 1 fully saturated rings. The quantitative estimate of drug-likeness (QED) is 0.913. The zero-order valence-corrected chi connectivity index (χ0v) is 10.9. The summed E-state index contributed by atoms with van der Waals surface area (Å²) < 4.78 is 13.0. The molecule has 1 unspecified atom stereocenters. The van der Waals surface area contributed by atoms with E-state index in [4.69, 9.17) is 15.2 Å². The van der Waals surface area contributed by atoms with E-state index in [1.54, 1.807) is 4.68 Å². The van der Waals surface area contributed by atoms with Gasteiger partial charge in [0.25, 0.3) is 0 Å². The normalized spacial score (nSPS) is 18.7. The standard InChI is InChI=1S/C14H17N3O2/c1-17-14(15)8-12(16-17)11-4-2-3-5-13(11)19-10-6-7-18-9-10/h2-5,8,10H,6-7,9,15H2,1H3. The van der Waals surface area contributed by atoms with E-state index in [1.165, 1.54) is 0 Å². The van der Waals surface area contributed by atoms with Crippen LogP contribution in [0, 0.1) is 0 Å². The van der Waals surface area contributed by atoms with Gasteiger partial charge < -0.3 is 15.2 Å². The van der Waals surface area contributed by atoms with Gasteiger partial charge in [-0.3, -0.25) is 4.68 Å². The molecule has 5 nitrogen and oxygen atoms in total. The fraction of sp³-hybridized carbons (Fsp3) is 0.357. The second-order valence-corrected chi connectivity index (χ2v) is 4.68. The Kier molecular flexibility index (Phi) is 3.13. The lowest BCUT2D eigenvalue weighted by Gasteiger charge is -2.14. The van der Waals surface area contributed by atoms with E-state index in [2.05, 4.69) is 5.10 Å². The number of benzene rings is 1. The van der Waals surface area contributed by atoms with Crippen LogP contribution in [0.15, 0.2) is 30.3 Å². The van der Waals surface area contributed by atoms with Gasteiger partial charge in [-0.25, -0.2) is 0 Å². The molecule has 0 radical (unpaired) electrons. The minimum absolute atomic E-state index is 0.127. The molecule has 1 atom stereocenters. The first-order chi connectivity index (χ1) is 9.24. The molecule has 1 aromatic carbocycles. The number of hydrogen-bond acceptors (Lipinski definition) is 4. The van der Waals surface area contributed by atoms with E-state index in [9.17, 15) is 0 Å². The summed E-state index contributed by atoms with van der Waals surface area (Å²) in [6, 6.07) is 9.73. The van der Waals surface area contributed by atoms with Gasteiger partial charge in [0.15, 0.2) is 0 Å². The Morgan fingerprint density at radius 1 is 1.42 bits per heavy atom. The van der Waals surface area contributed by atoms with Crippen molar-refractivity contribution in [2.24, 2.45) is 7.05 Å². The predicted octanol–water partition coefficient (Wildman–Crippen LogP) is 1.84. The highest BCUT2D eigenvalue weighted by molar-refractivity contribution is 5.69. The summed E-state index contributed by atoms with van der Waals surface area (Å²) in [6.07, 6.45) is 1.06. The van der Waals surface area contributed by atoms with E-state index in [0.717, 1.165) is 30.0 Å². The number of ether oxygens (including phenoxy) is 2. The highest BCUT2D eigenvalue weighted by Gasteiger charge is 2.19. The Morgan fingerprint density at radius 2 is 2.26 bits per heavy atom. The van der Waals surface area contributed by atoms with Crippen molar-refractivity contribution in [3.8, 4) is 17.0 Å². The first-order valence-electron chi connectivity index (χ1n) is 6.37. The minimum Gasteiger partial charge on any atom is -0.487 e. The molecule has 1 aliphatic heterocycles. The fourth-order valence-corrected chi connectivity index (χ4v) is 2.18. The summed E-state index contributed by atoms with van der Waals surface area (Å²) in [6.45, 7) is 1.42. The zero-order valence-electron chi connectivity index (χ0n) is 10.9. The molecular weight excluding hydrogens is 242 g/mol. The van der Waals surface area contributed by atoms with Gasteiger partial charge in [0.05, 0.1) is 18.9 Å². The smallest absolute Gasteiger partial charge is 0.129 e. The molecule has 0 amide bonds. The molecule has 3 rings (SSSR count). The van der Waals surface area contributed by atoms with Crippen molar-refractivity contribution in [3.63, 3.8) is 0 Å². The summed E-state index contributed by atoms with van der Waals surface area (Å²) in [5.74, 6) is 1.46. The Bertz CT molecular complexity index is 554. The van der Waals surface area contributed by atoms with E-state index in [0.29, 0.717) is 12.4 Å². The number of aryl methyl sites for hydroxylation is 1. The van der Waals surface area contributed by atoms with Crippen LogP contribution in [0.5, 0.6) is 5.75 Å². The molecular formula is C14H17N3O2. The average Bonchev–Trinajstić information content (AvgIpc) is 3.01. The lowest BCUT2D eigenvalue weighted by atomic mass is 10.1. The van der Waals surface area contributed by atoms with Crippen LogP contribution < -0.4 is 10.5 Å². The van der Waals surface area contributed by atoms with Crippen molar-refractivity contribution in [3.05, 3.63) is 30.3 Å². The monoisotopic (exact) mass is 259 g/mol. The maximum Gasteiger partial charge on any atom is 0.129 e. The second kappa shape index (κ2) is 4.93. The lowest BCUT2D eigenvalue weighted by molar-refractivity contribution is 0.141. The van der Waals surface area contributed by atoms with Gasteiger partial charge in [-0.15, -0.1) is 0 Å². The van der Waals surface area contributed by atoms with Crippen molar-refractivity contribution >= 4 is 5.82 Å². The number of aromatic nitrogens is 2. The van der Waals surface area contributed by atoms with Crippen LogP contribution in [0.1, 0.15) is 6.42 Å². The van der Waals surface area contributed by atoms with Gasteiger partial charge in [0, 0.05) is 25.1 Å². The number of hydrogen-bond donors (Lipinski definition) is 1. The summed E-state index contributed by atoms with van der Waals surface area (Å²) >= 11 is 0. The van der Waals surface area contributed by atoms with Gasteiger partial charge in [-0.1, -0.05) is 12.1 Å². The van der Waals surface area contributed by atoms with Crippen LogP contribution in [0.2, 0.25) is 0 Å². The van der Waals surface area contributed by atoms with Gasteiger partial charge in [-0.05, 0) is 12.1 Å². The summed E-state index contributed by atoms with van der Waals surface area (Å²) in [5, 5.41) is 4.40. The summed E-state index contributed by atoms with van der Waals surface area (Å²) in [4.78, 5) is 0. The largest absolute Gasteiger partial charge is 0.487 e. The van der Waals surface area contributed by atoms with Crippen molar-refractivity contribution in [1.82, 2.24) is 9.78 Å². The van der Waals surface area contributed by atoms with E-state index in [1.807, 2.05) is 37.4 Å². The SMILES string of the molecule is Cn1nc(-c2ccccc2OC2CCOC2)cc1N. The Hall–Kier alpha value is -2.01. The van der Waals surface area contributed by atoms with Crippen molar-refractivity contribution < 1.29 is 9.47 Å². The minimum atomic E-state index is 0.127. The van der Waals surface area contributed by atoms with Crippen LogP contribution in [-0.4, -0.2) is 29.1 Å². The predicted molar refractivity (Wildman–Crippen MR) is 72.9 cm³/mol. The molecule has 2 N–H and O–H groups in total. The fourth-order valence-electron chi connectivity index (χ4n) is 2.18. The lowest BCUT2D eigenvalue weighted by Crippen LogP contribution is -2.16. The molecule has 5 heteroatoms. The number of anilines is 1. The van der Waals surface area contributed by atoms with Crippen molar-refractivity contribution in [2.45, 2.75) is 12.5 Å². The molecule has 0 spiro atoms. The average molecular weight is 259 g/mol. The van der Waals surface area contributed by atoms with E-state index in [-0.39, 0.29) is 6.10 Å². The summed E-state index contributed by atoms with van der Waals surface area (Å²) in [7, 11) is 1.83. The van der Waals surface area contributed by atoms with Crippen LogP contribution in [0.3, 0.4) is 0 Å². The Morgan fingerprint density at radius 3 is 2.95 bits per heavy atom. The molecule has 100 valence electrons. The highest BCUT2D eigenvalue weighted by atomic mass is 16.5. The molecule has 2 aromatic rings. The molecule has 1 saturated heterocycles. The Balaban J connectivity index is 1.92. The third-order valence-electron chi connectivity index (χ3n) is 3.26. The van der Waals surface area contributed by atoms with Crippen LogP contribution >= 0.6 is 0 Å². The number of nitrogens with zero attached hydrogens (tertiary/aromatic N) is 2. The Labute approximate surface area is 111 Å². The zero-order chi connectivity index (χ0) is 13.2. The maximum absolute atomic E-state index is 5.99. The number of para-hydroxylation sites is 1. The first-order valence-corrected chi connectivity index (χ1v) is 6.37. The highest BCUT2D eigenvalue weighted by Crippen LogP contribution is 2.31. The molecule has 0 aliphatic carbocycles. The molecule has 2 heterocycles. The third-order valence-corrected chi connectivity index (χ3v) is 3.26. The summed E-state index contributed by atoms with van der Waals surface area (Å²) in [5.41, 5.74) is 7.62. The van der Waals surface area contributed by atoms with Crippen molar-refractivity contribution in [1.29, 1.82) is 0 Å². The molecule has 0 bridgehead atoms. The number of rotatable bonds is 3. The second-order valence-electron chi connectivity index (χ2n) is 4.68. The molecule has 0 saturated carbocycles.